The summed E-state index contributed by atoms with van der Waals surface area (Å²) in [5, 5.41) is 3.26. The largest absolute Gasteiger partial charge is 0.444 e. The monoisotopic (exact) mass is 321 g/mol. The summed E-state index contributed by atoms with van der Waals surface area (Å²) in [6.45, 7) is 8.02. The van der Waals surface area contributed by atoms with E-state index in [4.69, 9.17) is 16.3 Å². The molecule has 0 spiro atoms. The fraction of sp³-hybridized carbons (Fsp3) is 0.375. The minimum Gasteiger partial charge on any atom is -0.444 e. The number of hydrogen-bond acceptors (Lipinski definition) is 3. The van der Waals surface area contributed by atoms with Gasteiger partial charge in [-0.05, 0) is 45.4 Å². The zero-order chi connectivity index (χ0) is 16.3. The fourth-order valence-electron chi connectivity index (χ4n) is 1.93. The summed E-state index contributed by atoms with van der Waals surface area (Å²) in [5.41, 5.74) is 1.02. The molecule has 0 aliphatic carbocycles. The number of hydrogen-bond donors (Lipinski definition) is 1. The Morgan fingerprint density at radius 3 is 2.68 bits per heavy atom. The molecular formula is C16H20ClN3O2. The molecule has 2 rings (SSSR count). The van der Waals surface area contributed by atoms with Crippen molar-refractivity contribution in [2.24, 2.45) is 0 Å². The van der Waals surface area contributed by atoms with Gasteiger partial charge in [0.2, 0.25) is 0 Å². The summed E-state index contributed by atoms with van der Waals surface area (Å²) in [6, 6.07) is 5.40. The van der Waals surface area contributed by atoms with Crippen LogP contribution in [0, 0.1) is 6.92 Å². The van der Waals surface area contributed by atoms with Gasteiger partial charge in [0.05, 0.1) is 6.54 Å². The highest BCUT2D eigenvalue weighted by Crippen LogP contribution is 2.23. The maximum Gasteiger partial charge on any atom is 0.412 e. The molecule has 1 amide bonds. The summed E-state index contributed by atoms with van der Waals surface area (Å²) in [5.74, 6) is 0.923. The van der Waals surface area contributed by atoms with Crippen molar-refractivity contribution in [3.05, 3.63) is 47.0 Å². The molecule has 5 nitrogen and oxygen atoms in total. The molecule has 1 aromatic carbocycles. The van der Waals surface area contributed by atoms with Crippen molar-refractivity contribution >= 4 is 23.4 Å². The highest BCUT2D eigenvalue weighted by Gasteiger charge is 2.16. The number of nitrogens with one attached hydrogen (secondary N) is 1. The van der Waals surface area contributed by atoms with Crippen LogP contribution in [-0.2, 0) is 11.3 Å². The van der Waals surface area contributed by atoms with Gasteiger partial charge in [-0.15, -0.1) is 0 Å². The maximum absolute atomic E-state index is 11.7. The Balaban J connectivity index is 2.06. The number of benzene rings is 1. The van der Waals surface area contributed by atoms with E-state index in [0.717, 1.165) is 11.4 Å². The first kappa shape index (κ1) is 16.4. The molecule has 6 heteroatoms. The molecule has 2 aromatic rings. The molecule has 0 unspecified atom stereocenters. The minimum atomic E-state index is -0.535. The third-order valence-corrected chi connectivity index (χ3v) is 3.31. The topological polar surface area (TPSA) is 56.2 Å². The summed E-state index contributed by atoms with van der Waals surface area (Å²) in [4.78, 5) is 15.9. The minimum absolute atomic E-state index is 0.498. The van der Waals surface area contributed by atoms with Crippen molar-refractivity contribution in [1.82, 2.24) is 9.55 Å². The van der Waals surface area contributed by atoms with Crippen molar-refractivity contribution in [2.75, 3.05) is 5.32 Å². The number of amides is 1. The van der Waals surface area contributed by atoms with Gasteiger partial charge >= 0.3 is 6.09 Å². The SMILES string of the molecule is Cc1nccn1Cc1ccc(NC(=O)OC(C)(C)C)cc1Cl. The van der Waals surface area contributed by atoms with Gasteiger partial charge in [-0.25, -0.2) is 9.78 Å². The molecule has 1 N–H and O–H groups in total. The van der Waals surface area contributed by atoms with E-state index in [-0.39, 0.29) is 0 Å². The summed E-state index contributed by atoms with van der Waals surface area (Å²) < 4.78 is 7.21. The van der Waals surface area contributed by atoms with Crippen LogP contribution >= 0.6 is 11.6 Å². The highest BCUT2D eigenvalue weighted by atomic mass is 35.5. The van der Waals surface area contributed by atoms with Crippen LogP contribution in [0.1, 0.15) is 32.2 Å². The van der Waals surface area contributed by atoms with Gasteiger partial charge < -0.3 is 9.30 Å². The van der Waals surface area contributed by atoms with Gasteiger partial charge in [-0.1, -0.05) is 17.7 Å². The second-order valence-corrected chi connectivity index (χ2v) is 6.44. The maximum atomic E-state index is 11.7. The Morgan fingerprint density at radius 2 is 2.14 bits per heavy atom. The number of nitrogens with zero attached hydrogens (tertiary/aromatic N) is 2. The number of anilines is 1. The summed E-state index contributed by atoms with van der Waals surface area (Å²) in [6.07, 6.45) is 3.15. The van der Waals surface area contributed by atoms with Crippen molar-refractivity contribution in [3.63, 3.8) is 0 Å². The number of imidazole rings is 1. The number of ether oxygens (including phenoxy) is 1. The van der Waals surface area contributed by atoms with E-state index in [2.05, 4.69) is 10.3 Å². The first-order valence-corrected chi connectivity index (χ1v) is 7.38. The van der Waals surface area contributed by atoms with Crippen LogP contribution in [0.3, 0.4) is 0 Å². The molecular weight excluding hydrogens is 302 g/mol. The fourth-order valence-corrected chi connectivity index (χ4v) is 2.17. The lowest BCUT2D eigenvalue weighted by molar-refractivity contribution is 0.0636. The zero-order valence-corrected chi connectivity index (χ0v) is 13.9. The van der Waals surface area contributed by atoms with E-state index in [0.29, 0.717) is 17.3 Å². The number of aromatic nitrogens is 2. The Morgan fingerprint density at radius 1 is 1.41 bits per heavy atom. The van der Waals surface area contributed by atoms with Gasteiger partial charge in [-0.3, -0.25) is 5.32 Å². The predicted molar refractivity (Wildman–Crippen MR) is 87.4 cm³/mol. The molecule has 118 valence electrons. The lowest BCUT2D eigenvalue weighted by Gasteiger charge is -2.19. The van der Waals surface area contributed by atoms with Crippen LogP contribution in [0.25, 0.3) is 0 Å². The molecule has 22 heavy (non-hydrogen) atoms. The van der Waals surface area contributed by atoms with Crippen LogP contribution in [0.2, 0.25) is 5.02 Å². The van der Waals surface area contributed by atoms with Crippen molar-refractivity contribution in [3.8, 4) is 0 Å². The standard InChI is InChI=1S/C16H20ClN3O2/c1-11-18-7-8-20(11)10-12-5-6-13(9-14(12)17)19-15(21)22-16(2,3)4/h5-9H,10H2,1-4H3,(H,19,21). The number of carbonyl (C=O) groups excluding carboxylic acids is 1. The average molecular weight is 322 g/mol. The molecule has 1 aromatic heterocycles. The van der Waals surface area contributed by atoms with Crippen LogP contribution in [0.15, 0.2) is 30.6 Å². The van der Waals surface area contributed by atoms with Crippen LogP contribution < -0.4 is 5.32 Å². The van der Waals surface area contributed by atoms with Crippen molar-refractivity contribution in [2.45, 2.75) is 39.8 Å². The number of rotatable bonds is 3. The molecule has 1 heterocycles. The summed E-state index contributed by atoms with van der Waals surface area (Å²) >= 11 is 6.29. The Hall–Kier alpha value is -2.01. The molecule has 0 fully saturated rings. The van der Waals surface area contributed by atoms with Crippen molar-refractivity contribution < 1.29 is 9.53 Å². The molecule has 0 aliphatic rings. The molecule has 0 aliphatic heterocycles. The smallest absolute Gasteiger partial charge is 0.412 e. The average Bonchev–Trinajstić information content (AvgIpc) is 2.76. The molecule has 0 bridgehead atoms. The van der Waals surface area contributed by atoms with Crippen LogP contribution in [-0.4, -0.2) is 21.2 Å². The van der Waals surface area contributed by atoms with Crippen molar-refractivity contribution in [1.29, 1.82) is 0 Å². The summed E-state index contributed by atoms with van der Waals surface area (Å²) in [7, 11) is 0. The Bertz CT molecular complexity index is 674. The second kappa shape index (κ2) is 6.40. The Kier molecular flexibility index (Phi) is 4.76. The van der Waals surface area contributed by atoms with Gasteiger partial charge in [0.25, 0.3) is 0 Å². The predicted octanol–water partition coefficient (Wildman–Crippen LogP) is 4.24. The van der Waals surface area contributed by atoms with E-state index >= 15 is 0 Å². The molecule has 0 saturated carbocycles. The van der Waals surface area contributed by atoms with Gasteiger partial charge in [0.15, 0.2) is 0 Å². The molecule has 0 atom stereocenters. The lowest BCUT2D eigenvalue weighted by Crippen LogP contribution is -2.27. The van der Waals surface area contributed by atoms with E-state index in [1.165, 1.54) is 0 Å². The van der Waals surface area contributed by atoms with Crippen LogP contribution in [0.5, 0.6) is 0 Å². The number of halogens is 1. The third kappa shape index (κ3) is 4.49. The van der Waals surface area contributed by atoms with Gasteiger partial charge in [0.1, 0.15) is 11.4 Å². The van der Waals surface area contributed by atoms with E-state index < -0.39 is 11.7 Å². The normalized spacial score (nSPS) is 11.3. The first-order valence-electron chi connectivity index (χ1n) is 7.01. The van der Waals surface area contributed by atoms with Crippen LogP contribution in [0.4, 0.5) is 10.5 Å². The molecule has 0 radical (unpaired) electrons. The van der Waals surface area contributed by atoms with E-state index in [1.807, 2.05) is 44.5 Å². The highest BCUT2D eigenvalue weighted by molar-refractivity contribution is 6.31. The van der Waals surface area contributed by atoms with Gasteiger partial charge in [-0.2, -0.15) is 0 Å². The van der Waals surface area contributed by atoms with Gasteiger partial charge in [0, 0.05) is 23.1 Å². The zero-order valence-electron chi connectivity index (χ0n) is 13.2. The lowest BCUT2D eigenvalue weighted by atomic mass is 10.2. The second-order valence-electron chi connectivity index (χ2n) is 6.04. The Labute approximate surface area is 135 Å². The molecule has 0 saturated heterocycles. The number of aryl methyl sites for hydroxylation is 1. The third-order valence-electron chi connectivity index (χ3n) is 2.96. The quantitative estimate of drug-likeness (QED) is 0.919. The van der Waals surface area contributed by atoms with E-state index in [9.17, 15) is 4.79 Å². The first-order chi connectivity index (χ1) is 10.2. The number of carbonyl (C=O) groups is 1. The van der Waals surface area contributed by atoms with E-state index in [1.54, 1.807) is 18.3 Å².